The second kappa shape index (κ2) is 9.85. The fourth-order valence-electron chi connectivity index (χ4n) is 1.78. The van der Waals surface area contributed by atoms with Crippen molar-refractivity contribution in [3.63, 3.8) is 0 Å². The van der Waals surface area contributed by atoms with Gasteiger partial charge in [0.1, 0.15) is 6.10 Å². The molecule has 0 saturated carbocycles. The lowest BCUT2D eigenvalue weighted by molar-refractivity contribution is 0.0844. The molecule has 0 aliphatic carbocycles. The van der Waals surface area contributed by atoms with Gasteiger partial charge in [0.15, 0.2) is 0 Å². The number of hydrogen-bond acceptors (Lipinski definition) is 5. The largest absolute Gasteiger partial charge is 0.500 e. The van der Waals surface area contributed by atoms with Crippen molar-refractivity contribution in [2.24, 2.45) is 0 Å². The van der Waals surface area contributed by atoms with Gasteiger partial charge in [0.2, 0.25) is 0 Å². The van der Waals surface area contributed by atoms with Crippen LogP contribution in [0.4, 0.5) is 0 Å². The van der Waals surface area contributed by atoms with Crippen LogP contribution in [0.3, 0.4) is 0 Å². The predicted octanol–water partition coefficient (Wildman–Crippen LogP) is 2.23. The molecule has 1 atom stereocenters. The summed E-state index contributed by atoms with van der Waals surface area (Å²) in [6, 6.07) is 0.895. The average molecular weight is 292 g/mol. The van der Waals surface area contributed by atoms with Crippen molar-refractivity contribution < 1.29 is 22.8 Å². The van der Waals surface area contributed by atoms with E-state index >= 15 is 0 Å². The molecule has 0 N–H and O–H groups in total. The second-order valence-corrected chi connectivity index (χ2v) is 7.75. The van der Waals surface area contributed by atoms with Crippen molar-refractivity contribution in [3.8, 4) is 0 Å². The Hall–Kier alpha value is 0.0169. The van der Waals surface area contributed by atoms with E-state index in [4.69, 9.17) is 22.8 Å². The Bertz CT molecular complexity index is 219. The first kappa shape index (κ1) is 17.1. The Morgan fingerprint density at radius 3 is 2.37 bits per heavy atom. The molecule has 1 unspecified atom stereocenters. The van der Waals surface area contributed by atoms with Gasteiger partial charge in [-0.25, -0.2) is 0 Å². The van der Waals surface area contributed by atoms with Crippen LogP contribution in [-0.4, -0.2) is 55.6 Å². The molecule has 114 valence electrons. The molecule has 1 heterocycles. The Labute approximate surface area is 117 Å². The average Bonchev–Trinajstić information content (AvgIpc) is 3.26. The lowest BCUT2D eigenvalue weighted by atomic mass is 10.3. The summed E-state index contributed by atoms with van der Waals surface area (Å²) in [5, 5.41) is 0. The fourth-order valence-corrected chi connectivity index (χ4v) is 3.98. The number of epoxide rings is 1. The zero-order chi connectivity index (χ0) is 14.0. The summed E-state index contributed by atoms with van der Waals surface area (Å²) in [6.45, 7) is 5.20. The molecule has 1 rings (SSSR count). The van der Waals surface area contributed by atoms with Crippen LogP contribution >= 0.6 is 0 Å². The highest BCUT2D eigenvalue weighted by Crippen LogP contribution is 2.17. The lowest BCUT2D eigenvalue weighted by Crippen LogP contribution is -2.44. The summed E-state index contributed by atoms with van der Waals surface area (Å²) in [7, 11) is 0.968. The van der Waals surface area contributed by atoms with Crippen molar-refractivity contribution in [3.05, 3.63) is 0 Å². The molecule has 6 heteroatoms. The summed E-state index contributed by atoms with van der Waals surface area (Å²) in [5.41, 5.74) is 0. The molecule has 1 aliphatic rings. The molecule has 0 aromatic heterocycles. The smallest absolute Gasteiger partial charge is 0.379 e. The predicted molar refractivity (Wildman–Crippen MR) is 75.2 cm³/mol. The van der Waals surface area contributed by atoms with Crippen LogP contribution < -0.4 is 0 Å². The van der Waals surface area contributed by atoms with Gasteiger partial charge in [-0.1, -0.05) is 13.3 Å². The van der Waals surface area contributed by atoms with Crippen molar-refractivity contribution >= 4 is 8.80 Å². The van der Waals surface area contributed by atoms with Crippen molar-refractivity contribution in [1.82, 2.24) is 0 Å². The van der Waals surface area contributed by atoms with Crippen LogP contribution in [0.1, 0.15) is 32.6 Å². The van der Waals surface area contributed by atoms with Crippen LogP contribution in [0.25, 0.3) is 0 Å². The minimum Gasteiger partial charge on any atom is -0.379 e. The van der Waals surface area contributed by atoms with E-state index < -0.39 is 8.80 Å². The minimum atomic E-state index is -2.40. The third kappa shape index (κ3) is 7.39. The van der Waals surface area contributed by atoms with Gasteiger partial charge >= 0.3 is 8.80 Å². The van der Waals surface area contributed by atoms with E-state index in [1.807, 2.05) is 0 Å². The Balaban J connectivity index is 2.02. The quantitative estimate of drug-likeness (QED) is 0.296. The molecule has 0 aromatic rings. The van der Waals surface area contributed by atoms with Gasteiger partial charge in [0.05, 0.1) is 13.2 Å². The first-order chi connectivity index (χ1) is 9.26. The van der Waals surface area contributed by atoms with Crippen LogP contribution in [0, 0.1) is 0 Å². The zero-order valence-electron chi connectivity index (χ0n) is 12.5. The SMILES string of the molecule is CCCC[Si](OC)(OC)OCCCCOCC1CO1. The highest BCUT2D eigenvalue weighted by molar-refractivity contribution is 6.60. The van der Waals surface area contributed by atoms with Crippen molar-refractivity contribution in [2.45, 2.75) is 44.8 Å². The van der Waals surface area contributed by atoms with E-state index in [1.165, 1.54) is 0 Å². The van der Waals surface area contributed by atoms with Gasteiger partial charge < -0.3 is 22.8 Å². The van der Waals surface area contributed by atoms with E-state index in [0.29, 0.717) is 12.7 Å². The molecule has 1 fully saturated rings. The number of hydrogen-bond donors (Lipinski definition) is 0. The Kier molecular flexibility index (Phi) is 8.85. The Morgan fingerprint density at radius 1 is 1.11 bits per heavy atom. The normalized spacial score (nSPS) is 18.8. The third-order valence-corrected chi connectivity index (χ3v) is 6.02. The van der Waals surface area contributed by atoms with Gasteiger partial charge in [-0.05, 0) is 19.3 Å². The maximum atomic E-state index is 5.88. The maximum absolute atomic E-state index is 5.88. The first-order valence-electron chi connectivity index (χ1n) is 7.20. The van der Waals surface area contributed by atoms with Gasteiger partial charge in [-0.2, -0.15) is 0 Å². The minimum absolute atomic E-state index is 0.354. The summed E-state index contributed by atoms with van der Waals surface area (Å²) in [4.78, 5) is 0. The maximum Gasteiger partial charge on any atom is 0.500 e. The van der Waals surface area contributed by atoms with E-state index in [9.17, 15) is 0 Å². The number of unbranched alkanes of at least 4 members (excludes halogenated alkanes) is 2. The highest BCUT2D eigenvalue weighted by Gasteiger charge is 2.37. The summed E-state index contributed by atoms with van der Waals surface area (Å²) < 4.78 is 27.4. The van der Waals surface area contributed by atoms with Gasteiger partial charge in [0, 0.05) is 33.5 Å². The van der Waals surface area contributed by atoms with Gasteiger partial charge in [-0.15, -0.1) is 0 Å². The van der Waals surface area contributed by atoms with E-state index in [1.54, 1.807) is 14.2 Å². The Morgan fingerprint density at radius 2 is 1.79 bits per heavy atom. The third-order valence-electron chi connectivity index (χ3n) is 3.17. The van der Waals surface area contributed by atoms with Crippen LogP contribution in [0.2, 0.25) is 6.04 Å². The van der Waals surface area contributed by atoms with Crippen LogP contribution in [0.5, 0.6) is 0 Å². The molecule has 0 spiro atoms. The topological polar surface area (TPSA) is 49.5 Å². The summed E-state index contributed by atoms with van der Waals surface area (Å²) in [6.07, 6.45) is 4.53. The molecule has 0 radical (unpaired) electrons. The monoisotopic (exact) mass is 292 g/mol. The van der Waals surface area contributed by atoms with Crippen molar-refractivity contribution in [2.75, 3.05) is 40.6 Å². The first-order valence-corrected chi connectivity index (χ1v) is 9.13. The van der Waals surface area contributed by atoms with E-state index in [2.05, 4.69) is 6.92 Å². The standard InChI is InChI=1S/C13H28O5Si/c1-4-5-10-19(14-2,15-3)18-9-7-6-8-16-11-13-12-17-13/h13H,4-12H2,1-3H3. The molecule has 5 nitrogen and oxygen atoms in total. The number of rotatable bonds is 13. The molecule has 0 aromatic carbocycles. The molecule has 1 saturated heterocycles. The van der Waals surface area contributed by atoms with E-state index in [-0.39, 0.29) is 0 Å². The molecule has 19 heavy (non-hydrogen) atoms. The molecule has 1 aliphatic heterocycles. The fraction of sp³-hybridized carbons (Fsp3) is 1.00. The zero-order valence-corrected chi connectivity index (χ0v) is 13.5. The molecular formula is C13H28O5Si. The molecule has 0 amide bonds. The summed E-state index contributed by atoms with van der Waals surface area (Å²) >= 11 is 0. The molecule has 0 bridgehead atoms. The number of ether oxygens (including phenoxy) is 2. The lowest BCUT2D eigenvalue weighted by Gasteiger charge is -2.26. The van der Waals surface area contributed by atoms with E-state index in [0.717, 1.165) is 51.5 Å². The highest BCUT2D eigenvalue weighted by atomic mass is 28.4. The molecular weight excluding hydrogens is 264 g/mol. The van der Waals surface area contributed by atoms with Crippen LogP contribution in [0.15, 0.2) is 0 Å². The second-order valence-electron chi connectivity index (χ2n) is 4.78. The summed E-state index contributed by atoms with van der Waals surface area (Å²) in [5.74, 6) is 0. The van der Waals surface area contributed by atoms with Crippen molar-refractivity contribution in [1.29, 1.82) is 0 Å². The van der Waals surface area contributed by atoms with Gasteiger partial charge in [0.25, 0.3) is 0 Å². The van der Waals surface area contributed by atoms with Crippen LogP contribution in [-0.2, 0) is 22.8 Å². The van der Waals surface area contributed by atoms with Gasteiger partial charge in [-0.3, -0.25) is 0 Å².